The predicted octanol–water partition coefficient (Wildman–Crippen LogP) is 2.75. The van der Waals surface area contributed by atoms with E-state index in [1.54, 1.807) is 0 Å². The average Bonchev–Trinajstić information content (AvgIpc) is 3.20. The standard InChI is InChI=1S/C17H27NO2/c1-13(2)20-12-17(19)11-18(16-7-8-16)10-15-6-4-5-14(3)9-15/h4-6,9,13,16-17,19H,7-8,10-12H2,1-3H3/t17-/m1/s1. The van der Waals surface area contributed by atoms with E-state index >= 15 is 0 Å². The van der Waals surface area contributed by atoms with E-state index in [-0.39, 0.29) is 6.10 Å². The summed E-state index contributed by atoms with van der Waals surface area (Å²) in [6.07, 6.45) is 2.28. The Morgan fingerprint density at radius 3 is 2.70 bits per heavy atom. The van der Waals surface area contributed by atoms with E-state index in [4.69, 9.17) is 4.74 Å². The van der Waals surface area contributed by atoms with Crippen molar-refractivity contribution in [2.45, 2.75) is 58.4 Å². The van der Waals surface area contributed by atoms with Gasteiger partial charge in [0.25, 0.3) is 0 Å². The molecule has 0 bridgehead atoms. The van der Waals surface area contributed by atoms with Gasteiger partial charge in [0.2, 0.25) is 0 Å². The first-order valence-corrected chi connectivity index (χ1v) is 7.64. The summed E-state index contributed by atoms with van der Waals surface area (Å²) >= 11 is 0. The number of hydrogen-bond acceptors (Lipinski definition) is 3. The van der Waals surface area contributed by atoms with Gasteiger partial charge < -0.3 is 9.84 Å². The van der Waals surface area contributed by atoms with Gasteiger partial charge in [-0.05, 0) is 39.2 Å². The molecule has 3 heteroatoms. The van der Waals surface area contributed by atoms with Crippen molar-refractivity contribution in [3.63, 3.8) is 0 Å². The molecule has 1 aliphatic rings. The Hall–Kier alpha value is -0.900. The number of hydrogen-bond donors (Lipinski definition) is 1. The second-order valence-electron chi connectivity index (χ2n) is 6.19. The van der Waals surface area contributed by atoms with Crippen molar-refractivity contribution in [3.05, 3.63) is 35.4 Å². The Bertz CT molecular complexity index is 415. The molecule has 1 saturated carbocycles. The Morgan fingerprint density at radius 1 is 1.35 bits per heavy atom. The van der Waals surface area contributed by atoms with Crippen LogP contribution < -0.4 is 0 Å². The minimum Gasteiger partial charge on any atom is -0.389 e. The lowest BCUT2D eigenvalue weighted by Gasteiger charge is -2.25. The normalized spacial score (nSPS) is 16.9. The van der Waals surface area contributed by atoms with Crippen molar-refractivity contribution < 1.29 is 9.84 Å². The lowest BCUT2D eigenvalue weighted by Crippen LogP contribution is -2.36. The van der Waals surface area contributed by atoms with Crippen LogP contribution in [0.3, 0.4) is 0 Å². The van der Waals surface area contributed by atoms with E-state index in [1.165, 1.54) is 24.0 Å². The van der Waals surface area contributed by atoms with Crippen LogP contribution in [-0.4, -0.2) is 41.4 Å². The van der Waals surface area contributed by atoms with Crippen molar-refractivity contribution in [1.29, 1.82) is 0 Å². The number of aliphatic hydroxyl groups excluding tert-OH is 1. The summed E-state index contributed by atoms with van der Waals surface area (Å²) in [7, 11) is 0. The number of aliphatic hydroxyl groups is 1. The van der Waals surface area contributed by atoms with Gasteiger partial charge >= 0.3 is 0 Å². The Labute approximate surface area is 122 Å². The molecule has 1 atom stereocenters. The molecule has 20 heavy (non-hydrogen) atoms. The first kappa shape index (κ1) is 15.5. The first-order chi connectivity index (χ1) is 9.54. The van der Waals surface area contributed by atoms with Crippen molar-refractivity contribution in [1.82, 2.24) is 4.90 Å². The van der Waals surface area contributed by atoms with Gasteiger partial charge in [-0.1, -0.05) is 29.8 Å². The molecule has 0 heterocycles. The van der Waals surface area contributed by atoms with E-state index in [0.29, 0.717) is 19.2 Å². The molecule has 1 N–H and O–H groups in total. The molecule has 2 rings (SSSR count). The second kappa shape index (κ2) is 7.21. The highest BCUT2D eigenvalue weighted by atomic mass is 16.5. The zero-order valence-electron chi connectivity index (χ0n) is 12.9. The summed E-state index contributed by atoms with van der Waals surface area (Å²) in [5.41, 5.74) is 2.62. The molecule has 0 saturated heterocycles. The molecule has 0 amide bonds. The summed E-state index contributed by atoms with van der Waals surface area (Å²) in [4.78, 5) is 2.39. The molecule has 1 aromatic carbocycles. The Kier molecular flexibility index (Phi) is 5.58. The van der Waals surface area contributed by atoms with Gasteiger partial charge in [0.1, 0.15) is 0 Å². The second-order valence-corrected chi connectivity index (χ2v) is 6.19. The van der Waals surface area contributed by atoms with E-state index in [9.17, 15) is 5.11 Å². The van der Waals surface area contributed by atoms with Gasteiger partial charge in [-0.3, -0.25) is 4.90 Å². The van der Waals surface area contributed by atoms with Crippen molar-refractivity contribution >= 4 is 0 Å². The van der Waals surface area contributed by atoms with Gasteiger partial charge in [-0.2, -0.15) is 0 Å². The highest BCUT2D eigenvalue weighted by molar-refractivity contribution is 5.22. The van der Waals surface area contributed by atoms with E-state index in [1.807, 2.05) is 13.8 Å². The zero-order valence-corrected chi connectivity index (χ0v) is 12.9. The topological polar surface area (TPSA) is 32.7 Å². The molecule has 1 aliphatic carbocycles. The maximum Gasteiger partial charge on any atom is 0.0900 e. The maximum atomic E-state index is 10.1. The van der Waals surface area contributed by atoms with Gasteiger partial charge in [-0.15, -0.1) is 0 Å². The lowest BCUT2D eigenvalue weighted by molar-refractivity contribution is -0.0107. The van der Waals surface area contributed by atoms with Crippen LogP contribution in [0.1, 0.15) is 37.8 Å². The molecule has 112 valence electrons. The van der Waals surface area contributed by atoms with E-state index in [2.05, 4.69) is 36.1 Å². The van der Waals surface area contributed by atoms with Crippen LogP contribution in [0.4, 0.5) is 0 Å². The van der Waals surface area contributed by atoms with Crippen LogP contribution in [0.25, 0.3) is 0 Å². The van der Waals surface area contributed by atoms with E-state index < -0.39 is 6.10 Å². The number of nitrogens with zero attached hydrogens (tertiary/aromatic N) is 1. The molecule has 0 radical (unpaired) electrons. The summed E-state index contributed by atoms with van der Waals surface area (Å²) in [5.74, 6) is 0. The Morgan fingerprint density at radius 2 is 2.10 bits per heavy atom. The van der Waals surface area contributed by atoms with Gasteiger partial charge in [0, 0.05) is 19.1 Å². The lowest BCUT2D eigenvalue weighted by atomic mass is 10.1. The predicted molar refractivity (Wildman–Crippen MR) is 81.7 cm³/mol. The monoisotopic (exact) mass is 277 g/mol. The molecule has 0 unspecified atom stereocenters. The highest BCUT2D eigenvalue weighted by Gasteiger charge is 2.30. The third-order valence-electron chi connectivity index (χ3n) is 3.60. The molecule has 0 aliphatic heterocycles. The van der Waals surface area contributed by atoms with Crippen molar-refractivity contribution in [2.75, 3.05) is 13.2 Å². The maximum absolute atomic E-state index is 10.1. The van der Waals surface area contributed by atoms with Crippen molar-refractivity contribution in [3.8, 4) is 0 Å². The van der Waals surface area contributed by atoms with E-state index in [0.717, 1.165) is 6.54 Å². The smallest absolute Gasteiger partial charge is 0.0900 e. The summed E-state index contributed by atoms with van der Waals surface area (Å²) in [6.45, 7) is 8.16. The van der Waals surface area contributed by atoms with Gasteiger partial charge in [0.05, 0.1) is 18.8 Å². The fourth-order valence-corrected chi connectivity index (χ4v) is 2.45. The first-order valence-electron chi connectivity index (χ1n) is 7.64. The SMILES string of the molecule is Cc1cccc(CN(C[C@@H](O)COC(C)C)C2CC2)c1. The van der Waals surface area contributed by atoms with Crippen LogP contribution >= 0.6 is 0 Å². The van der Waals surface area contributed by atoms with Crippen LogP contribution in [0.5, 0.6) is 0 Å². The number of ether oxygens (including phenoxy) is 1. The highest BCUT2D eigenvalue weighted by Crippen LogP contribution is 2.28. The van der Waals surface area contributed by atoms with Crippen LogP contribution in [0.2, 0.25) is 0 Å². The number of benzene rings is 1. The van der Waals surface area contributed by atoms with Gasteiger partial charge in [0.15, 0.2) is 0 Å². The number of rotatable bonds is 8. The summed E-state index contributed by atoms with van der Waals surface area (Å²) in [5, 5.41) is 10.1. The quantitative estimate of drug-likeness (QED) is 0.793. The molecule has 1 aromatic rings. The molecule has 0 spiro atoms. The van der Waals surface area contributed by atoms with Crippen molar-refractivity contribution in [2.24, 2.45) is 0 Å². The van der Waals surface area contributed by atoms with Crippen LogP contribution in [-0.2, 0) is 11.3 Å². The third-order valence-corrected chi connectivity index (χ3v) is 3.60. The molecule has 1 fully saturated rings. The molecule has 3 nitrogen and oxygen atoms in total. The van der Waals surface area contributed by atoms with Crippen LogP contribution in [0, 0.1) is 6.92 Å². The summed E-state index contributed by atoms with van der Waals surface area (Å²) < 4.78 is 5.50. The average molecular weight is 277 g/mol. The minimum atomic E-state index is -0.400. The Balaban J connectivity index is 1.87. The fraction of sp³-hybridized carbons (Fsp3) is 0.647. The van der Waals surface area contributed by atoms with Gasteiger partial charge in [-0.25, -0.2) is 0 Å². The third kappa shape index (κ3) is 5.23. The zero-order chi connectivity index (χ0) is 14.5. The number of aryl methyl sites for hydroxylation is 1. The molecular formula is C17H27NO2. The molecule has 0 aromatic heterocycles. The van der Waals surface area contributed by atoms with Crippen LogP contribution in [0.15, 0.2) is 24.3 Å². The molecular weight excluding hydrogens is 250 g/mol. The minimum absolute atomic E-state index is 0.177. The fourth-order valence-electron chi connectivity index (χ4n) is 2.45. The largest absolute Gasteiger partial charge is 0.389 e. The summed E-state index contributed by atoms with van der Waals surface area (Å²) in [6, 6.07) is 9.26.